The Balaban J connectivity index is 2.17. The maximum Gasteiger partial charge on any atom is 0.169 e. The van der Waals surface area contributed by atoms with Crippen LogP contribution >= 0.6 is 0 Å². The number of methoxy groups -OCH3 is 2. The zero-order chi connectivity index (χ0) is 14.6. The zero-order valence-electron chi connectivity index (χ0n) is 12.6. The van der Waals surface area contributed by atoms with Crippen molar-refractivity contribution in [1.29, 1.82) is 0 Å². The summed E-state index contributed by atoms with van der Waals surface area (Å²) in [6.07, 6.45) is 4.30. The molecule has 3 heteroatoms. The second-order valence-corrected chi connectivity index (χ2v) is 5.81. The second-order valence-electron chi connectivity index (χ2n) is 5.81. The third kappa shape index (κ3) is 3.04. The van der Waals surface area contributed by atoms with Crippen molar-refractivity contribution in [2.45, 2.75) is 44.6 Å². The zero-order valence-corrected chi connectivity index (χ0v) is 12.6. The molecule has 0 amide bonds. The van der Waals surface area contributed by atoms with Gasteiger partial charge in [-0.2, -0.15) is 0 Å². The van der Waals surface area contributed by atoms with E-state index in [2.05, 4.69) is 6.92 Å². The molecule has 1 aliphatic carbocycles. The van der Waals surface area contributed by atoms with E-state index in [9.17, 15) is 4.79 Å². The summed E-state index contributed by atoms with van der Waals surface area (Å²) in [5.74, 6) is 1.50. The summed E-state index contributed by atoms with van der Waals surface area (Å²) in [7, 11) is 3.30. The van der Waals surface area contributed by atoms with E-state index >= 15 is 0 Å². The normalized spacial score (nSPS) is 26.2. The fourth-order valence-corrected chi connectivity index (χ4v) is 3.24. The monoisotopic (exact) mass is 276 g/mol. The van der Waals surface area contributed by atoms with Crippen LogP contribution in [0.15, 0.2) is 24.3 Å². The van der Waals surface area contributed by atoms with E-state index in [0.717, 1.165) is 30.6 Å². The van der Waals surface area contributed by atoms with Gasteiger partial charge >= 0.3 is 0 Å². The number of hydrogen-bond acceptors (Lipinski definition) is 3. The predicted octanol–water partition coefficient (Wildman–Crippen LogP) is 3.40. The van der Waals surface area contributed by atoms with Gasteiger partial charge in [-0.05, 0) is 31.2 Å². The molecule has 0 heterocycles. The van der Waals surface area contributed by atoms with Crippen molar-refractivity contribution in [3.8, 4) is 5.75 Å². The number of hydrogen-bond donors (Lipinski definition) is 0. The number of carbonyl (C=O) groups is 1. The van der Waals surface area contributed by atoms with Gasteiger partial charge in [0.25, 0.3) is 0 Å². The van der Waals surface area contributed by atoms with Crippen molar-refractivity contribution in [2.24, 2.45) is 5.92 Å². The minimum absolute atomic E-state index is 0.177. The summed E-state index contributed by atoms with van der Waals surface area (Å²) in [6.45, 7) is 2.20. The lowest BCUT2D eigenvalue weighted by Crippen LogP contribution is -2.45. The average Bonchev–Trinajstić information content (AvgIpc) is 2.47. The van der Waals surface area contributed by atoms with Crippen LogP contribution in [-0.2, 0) is 16.0 Å². The summed E-state index contributed by atoms with van der Waals surface area (Å²) in [5.41, 5.74) is 0.341. The van der Waals surface area contributed by atoms with Gasteiger partial charge in [0, 0.05) is 19.1 Å². The first-order valence-electron chi connectivity index (χ1n) is 7.31. The summed E-state index contributed by atoms with van der Waals surface area (Å²) in [5, 5.41) is 0. The summed E-state index contributed by atoms with van der Waals surface area (Å²) < 4.78 is 11.0. The molecule has 0 bridgehead atoms. The molecule has 1 aromatic carbocycles. The highest BCUT2D eigenvalue weighted by Crippen LogP contribution is 2.36. The Morgan fingerprint density at radius 2 is 2.10 bits per heavy atom. The van der Waals surface area contributed by atoms with E-state index in [1.165, 1.54) is 6.42 Å². The van der Waals surface area contributed by atoms with Gasteiger partial charge in [0.15, 0.2) is 5.78 Å². The van der Waals surface area contributed by atoms with Gasteiger partial charge in [0.2, 0.25) is 0 Å². The number of ether oxygens (including phenoxy) is 2. The molecule has 0 spiro atoms. The number of carbonyl (C=O) groups excluding carboxylic acids is 1. The van der Waals surface area contributed by atoms with Crippen molar-refractivity contribution in [1.82, 2.24) is 0 Å². The molecular weight excluding hydrogens is 252 g/mol. The molecule has 0 aliphatic heterocycles. The molecule has 1 saturated carbocycles. The summed E-state index contributed by atoms with van der Waals surface area (Å²) in [4.78, 5) is 12.8. The molecule has 1 aromatic rings. The van der Waals surface area contributed by atoms with Crippen LogP contribution in [0.4, 0.5) is 0 Å². The highest BCUT2D eigenvalue weighted by molar-refractivity contribution is 5.89. The molecule has 2 unspecified atom stereocenters. The molecule has 2 rings (SSSR count). The predicted molar refractivity (Wildman–Crippen MR) is 79.1 cm³/mol. The van der Waals surface area contributed by atoms with Crippen LogP contribution in [0.3, 0.4) is 0 Å². The Labute approximate surface area is 121 Å². The van der Waals surface area contributed by atoms with Crippen molar-refractivity contribution in [3.05, 3.63) is 29.8 Å². The topological polar surface area (TPSA) is 35.5 Å². The Morgan fingerprint density at radius 1 is 1.35 bits per heavy atom. The Morgan fingerprint density at radius 3 is 2.75 bits per heavy atom. The van der Waals surface area contributed by atoms with Crippen LogP contribution in [0.25, 0.3) is 0 Å². The standard InChI is InChI=1S/C17H24O3/c1-13-7-6-10-17(12-13,20-3)16(18)11-14-8-4-5-9-15(14)19-2/h4-5,8-9,13H,6-7,10-12H2,1-3H3. The van der Waals surface area contributed by atoms with Gasteiger partial charge in [-0.1, -0.05) is 31.5 Å². The van der Waals surface area contributed by atoms with Crippen LogP contribution in [-0.4, -0.2) is 25.6 Å². The van der Waals surface area contributed by atoms with Crippen molar-refractivity contribution in [2.75, 3.05) is 14.2 Å². The molecule has 110 valence electrons. The Bertz CT molecular complexity index is 469. The Kier molecular flexibility index (Phi) is 4.81. The molecule has 0 saturated heterocycles. The SMILES string of the molecule is COc1ccccc1CC(=O)C1(OC)CCCC(C)C1. The fraction of sp³-hybridized carbons (Fsp3) is 0.588. The molecular formula is C17H24O3. The minimum Gasteiger partial charge on any atom is -0.496 e. The highest BCUT2D eigenvalue weighted by atomic mass is 16.5. The average molecular weight is 276 g/mol. The van der Waals surface area contributed by atoms with Gasteiger partial charge in [-0.3, -0.25) is 4.79 Å². The third-order valence-corrected chi connectivity index (χ3v) is 4.40. The number of ketones is 1. The maximum absolute atomic E-state index is 12.8. The van der Waals surface area contributed by atoms with Gasteiger partial charge < -0.3 is 9.47 Å². The van der Waals surface area contributed by atoms with E-state index < -0.39 is 5.60 Å². The number of benzene rings is 1. The molecule has 1 fully saturated rings. The largest absolute Gasteiger partial charge is 0.496 e. The Hall–Kier alpha value is -1.35. The second kappa shape index (κ2) is 6.40. The van der Waals surface area contributed by atoms with Crippen LogP contribution in [0, 0.1) is 5.92 Å². The van der Waals surface area contributed by atoms with Crippen molar-refractivity contribution >= 4 is 5.78 Å². The van der Waals surface area contributed by atoms with E-state index in [0.29, 0.717) is 12.3 Å². The van der Waals surface area contributed by atoms with Gasteiger partial charge in [-0.25, -0.2) is 0 Å². The lowest BCUT2D eigenvalue weighted by atomic mass is 9.75. The van der Waals surface area contributed by atoms with E-state index in [-0.39, 0.29) is 5.78 Å². The lowest BCUT2D eigenvalue weighted by Gasteiger charge is -2.37. The van der Waals surface area contributed by atoms with Gasteiger partial charge in [-0.15, -0.1) is 0 Å². The van der Waals surface area contributed by atoms with Gasteiger partial charge in [0.05, 0.1) is 7.11 Å². The van der Waals surface area contributed by atoms with Crippen molar-refractivity contribution < 1.29 is 14.3 Å². The van der Waals surface area contributed by atoms with Gasteiger partial charge in [0.1, 0.15) is 11.4 Å². The smallest absolute Gasteiger partial charge is 0.169 e. The summed E-state index contributed by atoms with van der Waals surface area (Å²) >= 11 is 0. The molecule has 1 aliphatic rings. The third-order valence-electron chi connectivity index (χ3n) is 4.40. The quantitative estimate of drug-likeness (QED) is 0.827. The van der Waals surface area contributed by atoms with Crippen LogP contribution in [0.2, 0.25) is 0 Å². The molecule has 0 aromatic heterocycles. The lowest BCUT2D eigenvalue weighted by molar-refractivity contribution is -0.146. The van der Waals surface area contributed by atoms with E-state index in [1.54, 1.807) is 14.2 Å². The molecule has 3 nitrogen and oxygen atoms in total. The van der Waals surface area contributed by atoms with Crippen LogP contribution in [0.5, 0.6) is 5.75 Å². The minimum atomic E-state index is -0.599. The first-order valence-corrected chi connectivity index (χ1v) is 7.31. The maximum atomic E-state index is 12.8. The number of Topliss-reactive ketones (excluding diaryl/α,β-unsaturated/α-hetero) is 1. The molecule has 20 heavy (non-hydrogen) atoms. The fourth-order valence-electron chi connectivity index (χ4n) is 3.24. The first kappa shape index (κ1) is 15.0. The van der Waals surface area contributed by atoms with Crippen LogP contribution < -0.4 is 4.74 Å². The first-order chi connectivity index (χ1) is 9.61. The van der Waals surface area contributed by atoms with E-state index in [1.807, 2.05) is 24.3 Å². The van der Waals surface area contributed by atoms with Crippen molar-refractivity contribution in [3.63, 3.8) is 0 Å². The number of para-hydroxylation sites is 1. The highest BCUT2D eigenvalue weighted by Gasteiger charge is 2.41. The molecule has 0 radical (unpaired) electrons. The molecule has 2 atom stereocenters. The van der Waals surface area contributed by atoms with E-state index in [4.69, 9.17) is 9.47 Å². The molecule has 0 N–H and O–H groups in total. The summed E-state index contributed by atoms with van der Waals surface area (Å²) in [6, 6.07) is 7.70. The van der Waals surface area contributed by atoms with Crippen LogP contribution in [0.1, 0.15) is 38.2 Å². The number of rotatable bonds is 5.